The van der Waals surface area contributed by atoms with Gasteiger partial charge >= 0.3 is 0 Å². The van der Waals surface area contributed by atoms with E-state index in [-0.39, 0.29) is 0 Å². The molecule has 4 heteroatoms. The van der Waals surface area contributed by atoms with Gasteiger partial charge in [0.25, 0.3) is 0 Å². The van der Waals surface area contributed by atoms with Crippen LogP contribution in [0.25, 0.3) is 0 Å². The van der Waals surface area contributed by atoms with Gasteiger partial charge in [0, 0.05) is 13.0 Å². The minimum atomic E-state index is 0.407. The molecule has 0 spiro atoms. The van der Waals surface area contributed by atoms with E-state index >= 15 is 0 Å². The third kappa shape index (κ3) is 1.46. The third-order valence-electron chi connectivity index (χ3n) is 4.84. The zero-order valence-corrected chi connectivity index (χ0v) is 11.6. The molecule has 16 heavy (non-hydrogen) atoms. The molecule has 1 heterocycles. The van der Waals surface area contributed by atoms with Gasteiger partial charge in [-0.05, 0) is 29.0 Å². The summed E-state index contributed by atoms with van der Waals surface area (Å²) in [6.07, 6.45) is 0.931. The first-order valence-corrected chi connectivity index (χ1v) is 6.37. The number of H-pyrrole nitrogens is 1. The lowest BCUT2D eigenvalue weighted by Gasteiger charge is -2.06. The highest BCUT2D eigenvalue weighted by Crippen LogP contribution is 2.68. The van der Waals surface area contributed by atoms with Crippen molar-refractivity contribution < 1.29 is 0 Å². The number of aryl methyl sites for hydroxylation is 1. The average molecular weight is 239 g/mol. The Morgan fingerprint density at radius 2 is 1.88 bits per heavy atom. The molecule has 0 radical (unpaired) electrons. The van der Waals surface area contributed by atoms with Crippen molar-refractivity contribution in [1.82, 2.24) is 14.8 Å². The second kappa shape index (κ2) is 3.42. The minimum absolute atomic E-state index is 0.407. The molecule has 0 aliphatic heterocycles. The predicted molar refractivity (Wildman–Crippen MR) is 67.8 cm³/mol. The molecule has 90 valence electrons. The SMILES string of the molecule is CCc1n[nH]c(=S)n1CC1C(C)(C)C1(C)C. The molecule has 1 aliphatic carbocycles. The van der Waals surface area contributed by atoms with Crippen molar-refractivity contribution in [3.8, 4) is 0 Å². The summed E-state index contributed by atoms with van der Waals surface area (Å²) in [5.41, 5.74) is 0.814. The van der Waals surface area contributed by atoms with Gasteiger partial charge in [-0.2, -0.15) is 5.10 Å². The number of aromatic amines is 1. The zero-order chi connectivity index (χ0) is 12.1. The Hall–Kier alpha value is -0.640. The minimum Gasteiger partial charge on any atom is -0.304 e. The molecule has 0 bridgehead atoms. The van der Waals surface area contributed by atoms with Gasteiger partial charge in [-0.3, -0.25) is 5.10 Å². The molecule has 1 fully saturated rings. The molecule has 0 aromatic carbocycles. The van der Waals surface area contributed by atoms with E-state index in [4.69, 9.17) is 12.2 Å². The van der Waals surface area contributed by atoms with Gasteiger partial charge in [-0.25, -0.2) is 0 Å². The molecule has 0 saturated heterocycles. The first kappa shape index (κ1) is 11.8. The molecule has 0 atom stereocenters. The molecular formula is C12H21N3S. The predicted octanol–water partition coefficient (Wildman–Crippen LogP) is 3.19. The topological polar surface area (TPSA) is 33.6 Å². The second-order valence-electron chi connectivity index (χ2n) is 5.91. The lowest BCUT2D eigenvalue weighted by Crippen LogP contribution is -2.08. The maximum absolute atomic E-state index is 5.28. The van der Waals surface area contributed by atoms with Gasteiger partial charge in [-0.1, -0.05) is 34.6 Å². The lowest BCUT2D eigenvalue weighted by atomic mass is 10.0. The first-order valence-electron chi connectivity index (χ1n) is 5.96. The van der Waals surface area contributed by atoms with E-state index < -0.39 is 0 Å². The van der Waals surface area contributed by atoms with Crippen molar-refractivity contribution in [1.29, 1.82) is 0 Å². The average Bonchev–Trinajstić information content (AvgIpc) is 2.48. The summed E-state index contributed by atoms with van der Waals surface area (Å²) in [7, 11) is 0. The second-order valence-corrected chi connectivity index (χ2v) is 6.29. The Morgan fingerprint density at radius 3 is 2.31 bits per heavy atom. The van der Waals surface area contributed by atoms with E-state index in [0.717, 1.165) is 23.6 Å². The van der Waals surface area contributed by atoms with E-state index in [1.807, 2.05) is 0 Å². The monoisotopic (exact) mass is 239 g/mol. The van der Waals surface area contributed by atoms with E-state index in [0.29, 0.717) is 16.7 Å². The standard InChI is InChI=1S/C12H21N3S/c1-6-9-13-14-10(16)15(9)7-8-11(2,3)12(8,4)5/h8H,6-7H2,1-5H3,(H,14,16). The smallest absolute Gasteiger partial charge is 0.195 e. The summed E-state index contributed by atoms with van der Waals surface area (Å²) < 4.78 is 2.92. The highest BCUT2D eigenvalue weighted by molar-refractivity contribution is 7.71. The Morgan fingerprint density at radius 1 is 1.31 bits per heavy atom. The molecule has 1 aliphatic rings. The van der Waals surface area contributed by atoms with Crippen molar-refractivity contribution >= 4 is 12.2 Å². The number of rotatable bonds is 3. The summed E-state index contributed by atoms with van der Waals surface area (Å²) in [5.74, 6) is 1.76. The molecule has 1 aromatic heterocycles. The normalized spacial score (nSPS) is 22.3. The molecule has 3 nitrogen and oxygen atoms in total. The summed E-state index contributed by atoms with van der Waals surface area (Å²) in [6.45, 7) is 12.5. The van der Waals surface area contributed by atoms with Gasteiger partial charge in [-0.15, -0.1) is 0 Å². The third-order valence-corrected chi connectivity index (χ3v) is 5.15. The molecule has 2 rings (SSSR count). The molecule has 0 unspecified atom stereocenters. The van der Waals surface area contributed by atoms with Crippen LogP contribution in [0.15, 0.2) is 0 Å². The van der Waals surface area contributed by atoms with Gasteiger partial charge < -0.3 is 4.57 Å². The number of nitrogens with one attached hydrogen (secondary N) is 1. The van der Waals surface area contributed by atoms with Crippen molar-refractivity contribution in [2.75, 3.05) is 0 Å². The number of hydrogen-bond acceptors (Lipinski definition) is 2. The quantitative estimate of drug-likeness (QED) is 0.822. The summed E-state index contributed by atoms with van der Waals surface area (Å²) in [6, 6.07) is 0. The Balaban J connectivity index is 2.24. The van der Waals surface area contributed by atoms with E-state index in [1.165, 1.54) is 0 Å². The maximum atomic E-state index is 5.28. The van der Waals surface area contributed by atoms with Crippen LogP contribution in [0.1, 0.15) is 40.4 Å². The van der Waals surface area contributed by atoms with Crippen LogP contribution in [0.3, 0.4) is 0 Å². The van der Waals surface area contributed by atoms with E-state index in [1.54, 1.807) is 0 Å². The van der Waals surface area contributed by atoms with Gasteiger partial charge in [0.1, 0.15) is 5.82 Å². The molecule has 1 aromatic rings. The highest BCUT2D eigenvalue weighted by Gasteiger charge is 2.64. The first-order chi connectivity index (χ1) is 7.32. The molecular weight excluding hydrogens is 218 g/mol. The largest absolute Gasteiger partial charge is 0.304 e. The van der Waals surface area contributed by atoms with Gasteiger partial charge in [0.15, 0.2) is 4.77 Å². The fourth-order valence-electron chi connectivity index (χ4n) is 2.78. The lowest BCUT2D eigenvalue weighted by molar-refractivity contribution is 0.457. The van der Waals surface area contributed by atoms with Gasteiger partial charge in [0.05, 0.1) is 0 Å². The Kier molecular flexibility index (Phi) is 2.53. The molecule has 1 N–H and O–H groups in total. The van der Waals surface area contributed by atoms with Crippen molar-refractivity contribution in [2.45, 2.75) is 47.6 Å². The van der Waals surface area contributed by atoms with Crippen molar-refractivity contribution in [3.05, 3.63) is 10.6 Å². The van der Waals surface area contributed by atoms with Crippen LogP contribution < -0.4 is 0 Å². The van der Waals surface area contributed by atoms with Crippen LogP contribution in [0.4, 0.5) is 0 Å². The van der Waals surface area contributed by atoms with Crippen LogP contribution in [0.5, 0.6) is 0 Å². The van der Waals surface area contributed by atoms with Crippen LogP contribution in [-0.4, -0.2) is 14.8 Å². The van der Waals surface area contributed by atoms with Crippen LogP contribution in [0, 0.1) is 21.5 Å². The number of hydrogen-bond donors (Lipinski definition) is 1. The fourth-order valence-corrected chi connectivity index (χ4v) is 3.01. The summed E-state index contributed by atoms with van der Waals surface area (Å²) in [5, 5.41) is 7.15. The van der Waals surface area contributed by atoms with Crippen LogP contribution in [0.2, 0.25) is 0 Å². The van der Waals surface area contributed by atoms with Crippen LogP contribution in [-0.2, 0) is 13.0 Å². The Labute approximate surface area is 102 Å². The number of nitrogens with zero attached hydrogens (tertiary/aromatic N) is 2. The summed E-state index contributed by atoms with van der Waals surface area (Å²) >= 11 is 5.28. The highest BCUT2D eigenvalue weighted by atomic mass is 32.1. The van der Waals surface area contributed by atoms with E-state index in [2.05, 4.69) is 49.4 Å². The summed E-state index contributed by atoms with van der Waals surface area (Å²) in [4.78, 5) is 0. The Bertz CT molecular complexity index is 439. The van der Waals surface area contributed by atoms with E-state index in [9.17, 15) is 0 Å². The maximum Gasteiger partial charge on any atom is 0.195 e. The van der Waals surface area contributed by atoms with Crippen molar-refractivity contribution in [3.63, 3.8) is 0 Å². The molecule has 0 amide bonds. The van der Waals surface area contributed by atoms with Gasteiger partial charge in [0.2, 0.25) is 0 Å². The zero-order valence-electron chi connectivity index (χ0n) is 10.8. The fraction of sp³-hybridized carbons (Fsp3) is 0.833. The van der Waals surface area contributed by atoms with Crippen molar-refractivity contribution in [2.24, 2.45) is 16.7 Å². The van der Waals surface area contributed by atoms with Crippen LogP contribution >= 0.6 is 12.2 Å². The number of aromatic nitrogens is 3. The molecule has 1 saturated carbocycles.